The number of carbonyl (C=O) groups excluding carboxylic acids is 1. The number of hydrogen-bond donors (Lipinski definition) is 1. The normalized spacial score (nSPS) is 18.5. The molecule has 0 atom stereocenters. The summed E-state index contributed by atoms with van der Waals surface area (Å²) >= 11 is 3.37. The van der Waals surface area contributed by atoms with Crippen molar-refractivity contribution >= 4 is 43.4 Å². The molecular weight excluding hydrogens is 444 g/mol. The van der Waals surface area contributed by atoms with E-state index in [4.69, 9.17) is 0 Å². The number of benzene rings is 2. The van der Waals surface area contributed by atoms with E-state index in [1.807, 2.05) is 35.2 Å². The van der Waals surface area contributed by atoms with Gasteiger partial charge in [-0.3, -0.25) is 9.69 Å². The van der Waals surface area contributed by atoms with Crippen LogP contribution >= 0.6 is 15.9 Å². The number of carbonyl (C=O) groups is 1. The van der Waals surface area contributed by atoms with Gasteiger partial charge in [0.25, 0.3) is 10.0 Å². The minimum Gasteiger partial charge on any atom is -0.353 e. The van der Waals surface area contributed by atoms with Gasteiger partial charge in [-0.1, -0.05) is 28.1 Å². The summed E-state index contributed by atoms with van der Waals surface area (Å²) in [5.74, 6) is 0.441. The molecule has 28 heavy (non-hydrogen) atoms. The first-order chi connectivity index (χ1) is 13.4. The Balaban J connectivity index is 1.35. The number of amides is 1. The van der Waals surface area contributed by atoms with Crippen molar-refractivity contribution in [2.24, 2.45) is 4.40 Å². The molecule has 7 nitrogen and oxygen atoms in total. The molecule has 1 N–H and O–H groups in total. The molecule has 2 aliphatic rings. The summed E-state index contributed by atoms with van der Waals surface area (Å²) in [6.07, 6.45) is 0. The summed E-state index contributed by atoms with van der Waals surface area (Å²) < 4.78 is 29.4. The molecule has 2 aromatic carbocycles. The molecule has 9 heteroatoms. The highest BCUT2D eigenvalue weighted by Gasteiger charge is 2.33. The second-order valence-electron chi connectivity index (χ2n) is 6.70. The Hall–Kier alpha value is -2.23. The summed E-state index contributed by atoms with van der Waals surface area (Å²) in [4.78, 5) is 16.6. The molecule has 0 spiro atoms. The van der Waals surface area contributed by atoms with Crippen molar-refractivity contribution in [3.63, 3.8) is 0 Å². The fourth-order valence-electron chi connectivity index (χ4n) is 3.37. The van der Waals surface area contributed by atoms with Crippen molar-refractivity contribution < 1.29 is 13.2 Å². The average Bonchev–Trinajstić information content (AvgIpc) is 2.96. The Kier molecular flexibility index (Phi) is 5.22. The van der Waals surface area contributed by atoms with Gasteiger partial charge in [-0.2, -0.15) is 8.42 Å². The van der Waals surface area contributed by atoms with Gasteiger partial charge in [0.1, 0.15) is 4.90 Å². The van der Waals surface area contributed by atoms with Crippen LogP contribution in [0.5, 0.6) is 0 Å². The van der Waals surface area contributed by atoms with Gasteiger partial charge in [0.2, 0.25) is 5.91 Å². The molecule has 1 saturated heterocycles. The molecule has 0 unspecified atom stereocenters. The van der Waals surface area contributed by atoms with E-state index >= 15 is 0 Å². The van der Waals surface area contributed by atoms with E-state index in [2.05, 4.69) is 30.5 Å². The van der Waals surface area contributed by atoms with Crippen molar-refractivity contribution in [1.29, 1.82) is 0 Å². The van der Waals surface area contributed by atoms with Crippen LogP contribution in [0.1, 0.15) is 5.56 Å². The summed E-state index contributed by atoms with van der Waals surface area (Å²) in [5, 5.41) is 2.89. The quantitative estimate of drug-likeness (QED) is 0.755. The van der Waals surface area contributed by atoms with Gasteiger partial charge in [-0.05, 0) is 36.4 Å². The molecule has 0 saturated carbocycles. The third kappa shape index (κ3) is 3.96. The third-order valence-corrected chi connectivity index (χ3v) is 6.63. The maximum Gasteiger partial charge on any atom is 0.285 e. The zero-order valence-electron chi connectivity index (χ0n) is 15.0. The molecule has 4 rings (SSSR count). The predicted molar refractivity (Wildman–Crippen MR) is 111 cm³/mol. The van der Waals surface area contributed by atoms with Crippen molar-refractivity contribution in [2.75, 3.05) is 38.0 Å². The van der Waals surface area contributed by atoms with Crippen molar-refractivity contribution in [3.05, 3.63) is 58.6 Å². The molecule has 0 radical (unpaired) electrons. The van der Waals surface area contributed by atoms with E-state index in [-0.39, 0.29) is 10.8 Å². The van der Waals surface area contributed by atoms with Crippen LogP contribution in [-0.2, 0) is 14.8 Å². The first-order valence-electron chi connectivity index (χ1n) is 8.89. The van der Waals surface area contributed by atoms with E-state index in [1.54, 1.807) is 18.2 Å². The fraction of sp³-hybridized carbons (Fsp3) is 0.263. The number of amidine groups is 1. The number of sulfonamides is 1. The number of nitrogens with one attached hydrogen (secondary N) is 1. The van der Waals surface area contributed by atoms with Crippen LogP contribution in [0.3, 0.4) is 0 Å². The van der Waals surface area contributed by atoms with Gasteiger partial charge < -0.3 is 10.2 Å². The Morgan fingerprint density at radius 3 is 2.43 bits per heavy atom. The smallest absolute Gasteiger partial charge is 0.285 e. The van der Waals surface area contributed by atoms with Gasteiger partial charge in [0, 0.05) is 41.9 Å². The largest absolute Gasteiger partial charge is 0.353 e. The lowest BCUT2D eigenvalue weighted by atomic mass is 10.1. The molecule has 0 aliphatic carbocycles. The van der Waals surface area contributed by atoms with E-state index in [9.17, 15) is 13.2 Å². The maximum atomic E-state index is 12.3. The van der Waals surface area contributed by atoms with Gasteiger partial charge in [0.15, 0.2) is 5.84 Å². The Labute approximate surface area is 172 Å². The van der Waals surface area contributed by atoms with Crippen LogP contribution in [0.4, 0.5) is 5.69 Å². The molecule has 1 amide bonds. The number of anilines is 1. The number of fused-ring (bicyclic) bond motifs is 1. The standard InChI is InChI=1S/C19H19BrN4O3S/c20-14-5-7-15(8-6-14)21-18(25)13-23-9-11-24(12-10-23)19-16-3-1-2-4-17(16)28(26,27)22-19/h1-8H,9-13H2,(H,21,25). The number of halogens is 1. The summed E-state index contributed by atoms with van der Waals surface area (Å²) in [5.41, 5.74) is 1.41. The SMILES string of the molecule is O=C(CN1CCN(C2=NS(=O)(=O)c3ccccc32)CC1)Nc1ccc(Br)cc1. The molecular formula is C19H19BrN4O3S. The minimum absolute atomic E-state index is 0.0677. The predicted octanol–water partition coefficient (Wildman–Crippen LogP) is 2.15. The lowest BCUT2D eigenvalue weighted by Crippen LogP contribution is -2.50. The minimum atomic E-state index is -3.61. The highest BCUT2D eigenvalue weighted by atomic mass is 79.9. The third-order valence-electron chi connectivity index (χ3n) is 4.78. The molecule has 2 aromatic rings. The van der Waals surface area contributed by atoms with Crippen molar-refractivity contribution in [3.8, 4) is 0 Å². The first kappa shape index (κ1) is 19.1. The molecule has 2 aliphatic heterocycles. The van der Waals surface area contributed by atoms with E-state index in [0.29, 0.717) is 44.1 Å². The number of piperazine rings is 1. The molecule has 1 fully saturated rings. The van der Waals surface area contributed by atoms with Crippen LogP contribution in [0.15, 0.2) is 62.3 Å². The Morgan fingerprint density at radius 1 is 1.04 bits per heavy atom. The molecule has 2 heterocycles. The number of hydrogen-bond acceptors (Lipinski definition) is 5. The lowest BCUT2D eigenvalue weighted by Gasteiger charge is -2.35. The zero-order chi connectivity index (χ0) is 19.7. The maximum absolute atomic E-state index is 12.3. The number of rotatable bonds is 3. The Bertz CT molecular complexity index is 1030. The van der Waals surface area contributed by atoms with Crippen LogP contribution < -0.4 is 5.32 Å². The Morgan fingerprint density at radius 2 is 1.71 bits per heavy atom. The van der Waals surface area contributed by atoms with Crippen molar-refractivity contribution in [2.45, 2.75) is 4.90 Å². The zero-order valence-corrected chi connectivity index (χ0v) is 17.4. The summed E-state index contributed by atoms with van der Waals surface area (Å²) in [7, 11) is -3.61. The van der Waals surface area contributed by atoms with E-state index < -0.39 is 10.0 Å². The van der Waals surface area contributed by atoms with Crippen LogP contribution in [0.25, 0.3) is 0 Å². The van der Waals surface area contributed by atoms with Gasteiger partial charge in [0.05, 0.1) is 6.54 Å². The monoisotopic (exact) mass is 462 g/mol. The molecule has 0 bridgehead atoms. The summed E-state index contributed by atoms with van der Waals surface area (Å²) in [6.45, 7) is 2.86. The summed E-state index contributed by atoms with van der Waals surface area (Å²) in [6, 6.07) is 14.3. The van der Waals surface area contributed by atoms with E-state index in [0.717, 1.165) is 10.2 Å². The van der Waals surface area contributed by atoms with Gasteiger partial charge in [-0.25, -0.2) is 0 Å². The average molecular weight is 463 g/mol. The highest BCUT2D eigenvalue weighted by molar-refractivity contribution is 9.10. The second kappa shape index (κ2) is 7.65. The van der Waals surface area contributed by atoms with E-state index in [1.165, 1.54) is 0 Å². The highest BCUT2D eigenvalue weighted by Crippen LogP contribution is 2.27. The fourth-order valence-corrected chi connectivity index (χ4v) is 4.86. The number of nitrogens with zero attached hydrogens (tertiary/aromatic N) is 3. The molecule has 0 aromatic heterocycles. The molecule has 146 valence electrons. The van der Waals surface area contributed by atoms with Gasteiger partial charge in [-0.15, -0.1) is 4.40 Å². The lowest BCUT2D eigenvalue weighted by molar-refractivity contribution is -0.117. The van der Waals surface area contributed by atoms with Crippen LogP contribution in [0.2, 0.25) is 0 Å². The second-order valence-corrected chi connectivity index (χ2v) is 9.19. The van der Waals surface area contributed by atoms with Crippen LogP contribution in [-0.4, -0.2) is 62.7 Å². The van der Waals surface area contributed by atoms with Gasteiger partial charge >= 0.3 is 0 Å². The van der Waals surface area contributed by atoms with Crippen LogP contribution in [0, 0.1) is 0 Å². The first-order valence-corrected chi connectivity index (χ1v) is 11.1. The van der Waals surface area contributed by atoms with Crippen molar-refractivity contribution in [1.82, 2.24) is 9.80 Å². The topological polar surface area (TPSA) is 82.1 Å².